The second-order valence-electron chi connectivity index (χ2n) is 2.44. The molecule has 0 heterocycles. The second kappa shape index (κ2) is 5.51. The van der Waals surface area contributed by atoms with Crippen LogP contribution in [0.4, 0.5) is 0 Å². The van der Waals surface area contributed by atoms with E-state index in [-0.39, 0.29) is 36.9 Å². The van der Waals surface area contributed by atoms with E-state index >= 15 is 0 Å². The van der Waals surface area contributed by atoms with Crippen LogP contribution in [-0.4, -0.2) is 23.5 Å². The molecule has 10 heavy (non-hydrogen) atoms. The van der Waals surface area contributed by atoms with E-state index < -0.39 is 5.60 Å². The van der Waals surface area contributed by atoms with E-state index in [1.54, 1.807) is 14.0 Å². The van der Waals surface area contributed by atoms with Gasteiger partial charge in [-0.25, -0.2) is 0 Å². The molecule has 1 radical (unpaired) electrons. The van der Waals surface area contributed by atoms with Gasteiger partial charge in [0.2, 0.25) is 0 Å². The summed E-state index contributed by atoms with van der Waals surface area (Å²) in [5.41, 5.74) is 0.0966. The quantitative estimate of drug-likeness (QED) is 0.765. The Balaban J connectivity index is 0. The molecule has 0 rings (SSSR count). The molecule has 0 aromatic carbocycles. The average Bonchev–Trinajstić information content (AvgIpc) is 1.86. The predicted octanol–water partition coefficient (Wildman–Crippen LogP) is 1.24. The second-order valence-corrected chi connectivity index (χ2v) is 2.44. The van der Waals surface area contributed by atoms with Crippen LogP contribution in [0.5, 0.6) is 0 Å². The first-order chi connectivity index (χ1) is 4.04. The molecular weight excluding hydrogens is 289 g/mol. The summed E-state index contributed by atoms with van der Waals surface area (Å²) in [7, 11) is 1.69. The van der Waals surface area contributed by atoms with Crippen LogP contribution in [0.25, 0.3) is 0 Å². The molecule has 0 aliphatic rings. The smallest absolute Gasteiger partial charge is 0.0988 e. The molecular formula is C7H15LuNO. The van der Waals surface area contributed by atoms with Gasteiger partial charge in [-0.2, -0.15) is 0 Å². The molecule has 0 aliphatic heterocycles. The normalized spacial score (nSPS) is 17.5. The van der Waals surface area contributed by atoms with Gasteiger partial charge in [0.25, 0.3) is 0 Å². The summed E-state index contributed by atoms with van der Waals surface area (Å²) in [5.74, 6) is 0. The van der Waals surface area contributed by atoms with Crippen LogP contribution in [0.1, 0.15) is 27.2 Å². The van der Waals surface area contributed by atoms with Crippen molar-refractivity contribution in [3.63, 3.8) is 0 Å². The first kappa shape index (κ1) is 13.5. The minimum atomic E-state index is -0.700. The monoisotopic (exact) mass is 304 g/mol. The number of aliphatic imine (C=N–C) groups is 1. The Kier molecular flexibility index (Phi) is 7.41. The summed E-state index contributed by atoms with van der Waals surface area (Å²) in [6.45, 7) is 5.55. The van der Waals surface area contributed by atoms with Crippen LogP contribution in [-0.2, 0) is 0 Å². The molecule has 1 unspecified atom stereocenters. The molecule has 0 aromatic heterocycles. The topological polar surface area (TPSA) is 32.6 Å². The fraction of sp³-hybridized carbons (Fsp3) is 0.857. The number of hydrogen-bond acceptors (Lipinski definition) is 2. The molecule has 0 amide bonds. The molecule has 0 spiro atoms. The Morgan fingerprint density at radius 3 is 2.10 bits per heavy atom. The molecule has 0 fully saturated rings. The molecule has 3 heteroatoms. The van der Waals surface area contributed by atoms with Crippen LogP contribution >= 0.6 is 0 Å². The molecule has 0 aliphatic carbocycles. The van der Waals surface area contributed by atoms with Gasteiger partial charge in [0.1, 0.15) is 0 Å². The van der Waals surface area contributed by atoms with E-state index in [4.69, 9.17) is 0 Å². The van der Waals surface area contributed by atoms with Crippen molar-refractivity contribution < 1.29 is 42.0 Å². The molecule has 2 nitrogen and oxygen atoms in total. The van der Waals surface area contributed by atoms with Crippen molar-refractivity contribution in [2.75, 3.05) is 7.05 Å². The first-order valence-corrected chi connectivity index (χ1v) is 3.21. The maximum atomic E-state index is 9.46. The van der Waals surface area contributed by atoms with Gasteiger partial charge >= 0.3 is 0 Å². The van der Waals surface area contributed by atoms with Crippen molar-refractivity contribution in [1.82, 2.24) is 0 Å². The summed E-state index contributed by atoms with van der Waals surface area (Å²) in [6.07, 6.45) is 0.718. The van der Waals surface area contributed by atoms with E-state index in [0.717, 1.165) is 12.1 Å². The number of nitrogens with zero attached hydrogens (tertiary/aromatic N) is 1. The van der Waals surface area contributed by atoms with Crippen molar-refractivity contribution in [1.29, 1.82) is 0 Å². The molecule has 0 saturated carbocycles. The van der Waals surface area contributed by atoms with Crippen molar-refractivity contribution in [3.05, 3.63) is 0 Å². The van der Waals surface area contributed by atoms with E-state index in [1.807, 2.05) is 13.8 Å². The zero-order valence-corrected chi connectivity index (χ0v) is 8.52. The summed E-state index contributed by atoms with van der Waals surface area (Å²) >= 11 is 0. The fourth-order valence-electron chi connectivity index (χ4n) is 0.497. The van der Waals surface area contributed by atoms with Gasteiger partial charge in [0.15, 0.2) is 0 Å². The summed E-state index contributed by atoms with van der Waals surface area (Å²) in [4.78, 5) is 3.90. The first-order valence-electron chi connectivity index (χ1n) is 3.21. The Morgan fingerprint density at radius 2 is 2.00 bits per heavy atom. The van der Waals surface area contributed by atoms with E-state index in [2.05, 4.69) is 4.99 Å². The molecule has 0 bridgehead atoms. The van der Waals surface area contributed by atoms with Crippen LogP contribution < -0.4 is 0 Å². The standard InChI is InChI=1S/C7H15NO.Lu/c1-5-7(3,9)6(2)8-4;/h9H,5H2,1-4H3;. The third kappa shape index (κ3) is 3.89. The third-order valence-electron chi connectivity index (χ3n) is 1.80. The van der Waals surface area contributed by atoms with Crippen LogP contribution in [0.3, 0.4) is 0 Å². The molecule has 1 N–H and O–H groups in total. The maximum absolute atomic E-state index is 9.46. The molecule has 1 atom stereocenters. The molecule has 0 saturated heterocycles. The number of rotatable bonds is 2. The van der Waals surface area contributed by atoms with E-state index in [9.17, 15) is 5.11 Å². The molecule has 69 valence electrons. The van der Waals surface area contributed by atoms with Crippen LogP contribution in [0.2, 0.25) is 0 Å². The zero-order chi connectivity index (χ0) is 7.49. The Morgan fingerprint density at radius 1 is 1.60 bits per heavy atom. The fourth-order valence-corrected chi connectivity index (χ4v) is 0.497. The molecule has 0 aromatic rings. The maximum Gasteiger partial charge on any atom is 0.0988 e. The third-order valence-corrected chi connectivity index (χ3v) is 1.80. The van der Waals surface area contributed by atoms with Gasteiger partial charge in [-0.15, -0.1) is 0 Å². The van der Waals surface area contributed by atoms with E-state index in [0.29, 0.717) is 0 Å². The van der Waals surface area contributed by atoms with Crippen LogP contribution in [0, 0.1) is 36.9 Å². The van der Waals surface area contributed by atoms with Gasteiger partial charge in [-0.3, -0.25) is 4.99 Å². The van der Waals surface area contributed by atoms with Crippen molar-refractivity contribution in [2.45, 2.75) is 32.8 Å². The number of aliphatic hydroxyl groups is 1. The minimum Gasteiger partial charge on any atom is -0.384 e. The van der Waals surface area contributed by atoms with Gasteiger partial charge in [-0.05, 0) is 20.3 Å². The van der Waals surface area contributed by atoms with Gasteiger partial charge < -0.3 is 5.11 Å². The summed E-state index contributed by atoms with van der Waals surface area (Å²) in [5, 5.41) is 9.46. The Bertz CT molecular complexity index is 121. The zero-order valence-electron chi connectivity index (χ0n) is 6.86. The van der Waals surface area contributed by atoms with Crippen molar-refractivity contribution in [2.24, 2.45) is 4.99 Å². The van der Waals surface area contributed by atoms with Crippen LogP contribution in [0.15, 0.2) is 4.99 Å². The summed E-state index contributed by atoms with van der Waals surface area (Å²) < 4.78 is 0. The van der Waals surface area contributed by atoms with Gasteiger partial charge in [0.05, 0.1) is 5.60 Å². The van der Waals surface area contributed by atoms with Crippen molar-refractivity contribution in [3.8, 4) is 0 Å². The largest absolute Gasteiger partial charge is 0.384 e. The Hall–Kier alpha value is 0.864. The van der Waals surface area contributed by atoms with Crippen molar-refractivity contribution >= 4 is 5.71 Å². The Labute approximate surface area is 91.9 Å². The number of hydrogen-bond donors (Lipinski definition) is 1. The summed E-state index contributed by atoms with van der Waals surface area (Å²) in [6, 6.07) is 0. The predicted molar refractivity (Wildman–Crippen MR) is 39.9 cm³/mol. The van der Waals surface area contributed by atoms with Gasteiger partial charge in [0, 0.05) is 49.6 Å². The average molecular weight is 304 g/mol. The SMILES string of the molecule is CCC(C)(O)C(C)=NC.[Lu]. The minimum absolute atomic E-state index is 0. The van der Waals surface area contributed by atoms with Gasteiger partial charge in [-0.1, -0.05) is 6.92 Å². The van der Waals surface area contributed by atoms with E-state index in [1.165, 1.54) is 0 Å².